The van der Waals surface area contributed by atoms with Crippen LogP contribution in [-0.4, -0.2) is 0 Å². The number of benzene rings is 2. The number of hydrogen-bond donors (Lipinski definition) is 0. The van der Waals surface area contributed by atoms with Gasteiger partial charge < -0.3 is 4.74 Å². The minimum Gasteiger partial charge on any atom is -0.451 e. The minimum atomic E-state index is -4.94. The molecule has 0 N–H and O–H groups in total. The van der Waals surface area contributed by atoms with Gasteiger partial charge in [-0.3, -0.25) is 0 Å². The molecule has 0 spiro atoms. The van der Waals surface area contributed by atoms with Gasteiger partial charge in [0.1, 0.15) is 11.6 Å². The molecule has 1 nitrogen and oxygen atoms in total. The highest BCUT2D eigenvalue weighted by Crippen LogP contribution is 2.36. The van der Waals surface area contributed by atoms with Crippen LogP contribution in [0.5, 0.6) is 11.5 Å². The molecule has 2 rings (SSSR count). The number of ether oxygens (including phenoxy) is 1. The Bertz CT molecular complexity index is 670. The Morgan fingerprint density at radius 3 is 2.00 bits per heavy atom. The Balaban J connectivity index is 2.40. The maximum atomic E-state index is 13.7. The van der Waals surface area contributed by atoms with Crippen LogP contribution in [-0.2, 0) is 12.6 Å². The van der Waals surface area contributed by atoms with Gasteiger partial charge in [0, 0.05) is 0 Å². The summed E-state index contributed by atoms with van der Waals surface area (Å²) in [6, 6.07) is 3.77. The van der Waals surface area contributed by atoms with Crippen LogP contribution in [0.25, 0.3) is 0 Å². The first-order chi connectivity index (χ1) is 10.2. The lowest BCUT2D eigenvalue weighted by Crippen LogP contribution is -2.08. The Morgan fingerprint density at radius 1 is 0.909 bits per heavy atom. The molecule has 118 valence electrons. The molecular weight excluding hydrogens is 310 g/mol. The van der Waals surface area contributed by atoms with Gasteiger partial charge in [-0.05, 0) is 42.3 Å². The first-order valence-corrected chi connectivity index (χ1v) is 6.25. The summed E-state index contributed by atoms with van der Waals surface area (Å²) in [4.78, 5) is 0. The van der Waals surface area contributed by atoms with Crippen LogP contribution in [0.1, 0.15) is 18.1 Å². The highest BCUT2D eigenvalue weighted by Gasteiger charge is 2.34. The van der Waals surface area contributed by atoms with E-state index in [4.69, 9.17) is 4.74 Å². The topological polar surface area (TPSA) is 9.23 Å². The van der Waals surface area contributed by atoms with E-state index in [-0.39, 0.29) is 0 Å². The number of alkyl halides is 3. The molecule has 2 aromatic carbocycles. The highest BCUT2D eigenvalue weighted by molar-refractivity contribution is 5.38. The fourth-order valence-electron chi connectivity index (χ4n) is 1.82. The Morgan fingerprint density at radius 2 is 1.50 bits per heavy atom. The molecule has 7 heteroatoms. The molecule has 0 heterocycles. The normalized spacial score (nSPS) is 11.6. The molecular formula is C15H10F6O. The van der Waals surface area contributed by atoms with Gasteiger partial charge in [0.2, 0.25) is 0 Å². The third kappa shape index (κ3) is 3.35. The third-order valence-electron chi connectivity index (χ3n) is 2.93. The largest absolute Gasteiger partial charge is 0.451 e. The maximum absolute atomic E-state index is 13.7. The highest BCUT2D eigenvalue weighted by atomic mass is 19.4. The van der Waals surface area contributed by atoms with E-state index in [1.165, 1.54) is 0 Å². The zero-order chi connectivity index (χ0) is 16.5. The lowest BCUT2D eigenvalue weighted by atomic mass is 10.1. The Hall–Kier alpha value is -2.18. The molecule has 0 bridgehead atoms. The SMILES string of the molecule is CCc1cc(F)c(Oc2ccc(F)c(C(F)(F)F)c2)c(F)c1. The number of hydrogen-bond acceptors (Lipinski definition) is 1. The van der Waals surface area contributed by atoms with Gasteiger partial charge in [-0.1, -0.05) is 6.92 Å². The van der Waals surface area contributed by atoms with Crippen LogP contribution < -0.4 is 4.74 Å². The van der Waals surface area contributed by atoms with Crippen LogP contribution in [0.3, 0.4) is 0 Å². The van der Waals surface area contributed by atoms with Gasteiger partial charge in [0.05, 0.1) is 5.56 Å². The lowest BCUT2D eigenvalue weighted by molar-refractivity contribution is -0.140. The molecule has 22 heavy (non-hydrogen) atoms. The molecule has 0 aliphatic rings. The molecule has 0 radical (unpaired) electrons. The van der Waals surface area contributed by atoms with Crippen LogP contribution >= 0.6 is 0 Å². The van der Waals surface area contributed by atoms with Gasteiger partial charge in [-0.2, -0.15) is 13.2 Å². The summed E-state index contributed by atoms with van der Waals surface area (Å²) < 4.78 is 83.2. The summed E-state index contributed by atoms with van der Waals surface area (Å²) in [5, 5.41) is 0. The summed E-state index contributed by atoms with van der Waals surface area (Å²) in [5.41, 5.74) is -1.20. The molecule has 0 saturated carbocycles. The number of halogens is 6. The minimum absolute atomic E-state index is 0.349. The second-order valence-electron chi connectivity index (χ2n) is 4.48. The van der Waals surface area contributed by atoms with Crippen molar-refractivity contribution in [3.63, 3.8) is 0 Å². The van der Waals surface area contributed by atoms with Crippen LogP contribution in [0, 0.1) is 17.5 Å². The van der Waals surface area contributed by atoms with Crippen LogP contribution in [0.15, 0.2) is 30.3 Å². The van der Waals surface area contributed by atoms with E-state index >= 15 is 0 Å². The fraction of sp³-hybridized carbons (Fsp3) is 0.200. The fourth-order valence-corrected chi connectivity index (χ4v) is 1.82. The van der Waals surface area contributed by atoms with E-state index in [1.54, 1.807) is 6.92 Å². The average molecular weight is 320 g/mol. The van der Waals surface area contributed by atoms with Crippen molar-refractivity contribution in [3.05, 3.63) is 58.9 Å². The maximum Gasteiger partial charge on any atom is 0.419 e. The molecule has 0 unspecified atom stereocenters. The van der Waals surface area contributed by atoms with Crippen molar-refractivity contribution in [2.75, 3.05) is 0 Å². The Labute approximate surface area is 122 Å². The molecule has 0 atom stereocenters. The van der Waals surface area contributed by atoms with E-state index in [0.717, 1.165) is 18.2 Å². The average Bonchev–Trinajstić information content (AvgIpc) is 2.43. The van der Waals surface area contributed by atoms with E-state index in [1.807, 2.05) is 0 Å². The lowest BCUT2D eigenvalue weighted by Gasteiger charge is -2.12. The van der Waals surface area contributed by atoms with Crippen molar-refractivity contribution in [3.8, 4) is 11.5 Å². The van der Waals surface area contributed by atoms with Crippen LogP contribution in [0.4, 0.5) is 26.3 Å². The van der Waals surface area contributed by atoms with E-state index in [2.05, 4.69) is 0 Å². The molecule has 0 aliphatic heterocycles. The third-order valence-corrected chi connectivity index (χ3v) is 2.93. The smallest absolute Gasteiger partial charge is 0.419 e. The number of rotatable bonds is 3. The molecule has 0 amide bonds. The van der Waals surface area contributed by atoms with Crippen molar-refractivity contribution in [2.45, 2.75) is 19.5 Å². The number of aryl methyl sites for hydroxylation is 1. The first-order valence-electron chi connectivity index (χ1n) is 6.25. The second-order valence-corrected chi connectivity index (χ2v) is 4.48. The van der Waals surface area contributed by atoms with Crippen molar-refractivity contribution in [1.29, 1.82) is 0 Å². The van der Waals surface area contributed by atoms with Crippen LogP contribution in [0.2, 0.25) is 0 Å². The van der Waals surface area contributed by atoms with Crippen molar-refractivity contribution >= 4 is 0 Å². The monoisotopic (exact) mass is 320 g/mol. The summed E-state index contributed by atoms with van der Waals surface area (Å²) in [5.74, 6) is -4.95. The van der Waals surface area contributed by atoms with Gasteiger partial charge in [-0.15, -0.1) is 0 Å². The summed E-state index contributed by atoms with van der Waals surface area (Å²) in [7, 11) is 0. The van der Waals surface area contributed by atoms with Gasteiger partial charge in [-0.25, -0.2) is 13.2 Å². The van der Waals surface area contributed by atoms with Crippen molar-refractivity contribution in [2.24, 2.45) is 0 Å². The van der Waals surface area contributed by atoms with E-state index in [9.17, 15) is 26.3 Å². The zero-order valence-electron chi connectivity index (χ0n) is 11.3. The van der Waals surface area contributed by atoms with Gasteiger partial charge >= 0.3 is 6.18 Å². The summed E-state index contributed by atoms with van der Waals surface area (Å²) in [6.45, 7) is 1.68. The first kappa shape index (κ1) is 16.2. The standard InChI is InChI=1S/C15H10F6O/c1-2-8-5-12(17)14(13(18)6-8)22-9-3-4-11(16)10(7-9)15(19,20)21/h3-7H,2H2,1H3. The molecule has 2 aromatic rings. The molecule has 0 fully saturated rings. The van der Waals surface area contributed by atoms with Crippen molar-refractivity contribution < 1.29 is 31.1 Å². The summed E-state index contributed by atoms with van der Waals surface area (Å²) in [6.07, 6.45) is -4.56. The quantitative estimate of drug-likeness (QED) is 0.681. The predicted molar refractivity (Wildman–Crippen MR) is 67.2 cm³/mol. The van der Waals surface area contributed by atoms with E-state index in [0.29, 0.717) is 24.1 Å². The summed E-state index contributed by atoms with van der Waals surface area (Å²) >= 11 is 0. The van der Waals surface area contributed by atoms with E-state index < -0.39 is 40.7 Å². The predicted octanol–water partition coefficient (Wildman–Crippen LogP) is 5.48. The van der Waals surface area contributed by atoms with Gasteiger partial charge in [0.15, 0.2) is 17.4 Å². The molecule has 0 aliphatic carbocycles. The molecule has 0 saturated heterocycles. The van der Waals surface area contributed by atoms with Crippen molar-refractivity contribution in [1.82, 2.24) is 0 Å². The zero-order valence-corrected chi connectivity index (χ0v) is 11.3. The molecule has 0 aromatic heterocycles. The van der Waals surface area contributed by atoms with Gasteiger partial charge in [0.25, 0.3) is 0 Å². The second kappa shape index (κ2) is 5.90. The Kier molecular flexibility index (Phi) is 4.35.